The third kappa shape index (κ3) is 3.64. The lowest BCUT2D eigenvalue weighted by Gasteiger charge is -2.26. The summed E-state index contributed by atoms with van der Waals surface area (Å²) in [6.45, 7) is 5.72. The minimum absolute atomic E-state index is 1.01. The van der Waals surface area contributed by atoms with Gasteiger partial charge in [0.15, 0.2) is 0 Å². The van der Waals surface area contributed by atoms with Crippen molar-refractivity contribution in [2.24, 2.45) is 0 Å². The lowest BCUT2D eigenvalue weighted by atomic mass is 10.1. The summed E-state index contributed by atoms with van der Waals surface area (Å²) in [5.41, 5.74) is 1.33. The number of piperidine rings is 1. The molecule has 2 saturated heterocycles. The van der Waals surface area contributed by atoms with Crippen molar-refractivity contribution in [3.63, 3.8) is 0 Å². The van der Waals surface area contributed by atoms with Crippen LogP contribution in [-0.2, 0) is 6.54 Å². The molecule has 4 heterocycles. The Bertz CT molecular complexity index is 635. The second-order valence-electron chi connectivity index (χ2n) is 6.97. The predicted octanol–water partition coefficient (Wildman–Crippen LogP) is 3.70. The van der Waals surface area contributed by atoms with Crippen molar-refractivity contribution < 1.29 is 0 Å². The molecule has 0 radical (unpaired) electrons. The Balaban J connectivity index is 1.49. The second-order valence-corrected chi connectivity index (χ2v) is 7.91. The fraction of sp³-hybridized carbons (Fsp3) is 0.667. The highest BCUT2D eigenvalue weighted by molar-refractivity contribution is 7.17. The van der Waals surface area contributed by atoms with Crippen LogP contribution in [0.25, 0.3) is 5.13 Å². The van der Waals surface area contributed by atoms with Gasteiger partial charge in [0.25, 0.3) is 0 Å². The van der Waals surface area contributed by atoms with E-state index in [4.69, 9.17) is 0 Å². The van der Waals surface area contributed by atoms with Gasteiger partial charge in [-0.1, -0.05) is 30.6 Å². The van der Waals surface area contributed by atoms with Gasteiger partial charge in [-0.2, -0.15) is 0 Å². The maximum absolute atomic E-state index is 4.49. The van der Waals surface area contributed by atoms with E-state index in [0.29, 0.717) is 0 Å². The van der Waals surface area contributed by atoms with E-state index < -0.39 is 0 Å². The quantitative estimate of drug-likeness (QED) is 0.847. The molecular weight excluding hydrogens is 318 g/mol. The van der Waals surface area contributed by atoms with Crippen LogP contribution in [0.3, 0.4) is 0 Å². The standard InChI is InChI=1S/C18H27N5S/c1-2-7-13-22(12-6-1)17-19-20-18(24-17)23-14-8-9-16(23)15-21-10-4-3-5-11-21/h8-9,14H,1-7,10-13,15H2. The van der Waals surface area contributed by atoms with E-state index in [0.717, 1.165) is 29.9 Å². The molecule has 2 aliphatic heterocycles. The van der Waals surface area contributed by atoms with Gasteiger partial charge in [-0.15, -0.1) is 10.2 Å². The van der Waals surface area contributed by atoms with Gasteiger partial charge >= 0.3 is 0 Å². The van der Waals surface area contributed by atoms with Gasteiger partial charge in [0.05, 0.1) is 0 Å². The summed E-state index contributed by atoms with van der Waals surface area (Å²) in [4.78, 5) is 4.98. The Morgan fingerprint density at radius 1 is 0.833 bits per heavy atom. The van der Waals surface area contributed by atoms with Crippen molar-refractivity contribution >= 4 is 16.5 Å². The molecule has 24 heavy (non-hydrogen) atoms. The molecule has 130 valence electrons. The average Bonchev–Trinajstić information content (AvgIpc) is 3.19. The SMILES string of the molecule is c1cc(CN2CCCCC2)n(-c2nnc(N3CCCCCC3)s2)c1. The van der Waals surface area contributed by atoms with Crippen molar-refractivity contribution in [1.29, 1.82) is 0 Å². The van der Waals surface area contributed by atoms with Gasteiger partial charge in [-0.05, 0) is 50.9 Å². The summed E-state index contributed by atoms with van der Waals surface area (Å²) >= 11 is 1.73. The summed E-state index contributed by atoms with van der Waals surface area (Å²) in [6, 6.07) is 4.36. The second kappa shape index (κ2) is 7.66. The first-order valence-corrected chi connectivity index (χ1v) is 10.2. The molecule has 6 heteroatoms. The zero-order chi connectivity index (χ0) is 16.2. The number of anilines is 1. The third-order valence-corrected chi connectivity index (χ3v) is 6.14. The summed E-state index contributed by atoms with van der Waals surface area (Å²) in [6.07, 6.45) is 11.4. The molecule has 0 amide bonds. The van der Waals surface area contributed by atoms with Crippen molar-refractivity contribution in [2.45, 2.75) is 51.5 Å². The van der Waals surface area contributed by atoms with Gasteiger partial charge in [0.2, 0.25) is 10.3 Å². The lowest BCUT2D eigenvalue weighted by Crippen LogP contribution is -2.29. The van der Waals surface area contributed by atoms with Gasteiger partial charge in [0, 0.05) is 31.5 Å². The largest absolute Gasteiger partial charge is 0.347 e. The van der Waals surface area contributed by atoms with Gasteiger partial charge in [-0.25, -0.2) is 0 Å². The normalized spacial score (nSPS) is 20.2. The maximum Gasteiger partial charge on any atom is 0.218 e. The molecule has 2 aromatic heterocycles. The first kappa shape index (κ1) is 16.1. The van der Waals surface area contributed by atoms with Crippen LogP contribution in [0.1, 0.15) is 50.6 Å². The summed E-state index contributed by atoms with van der Waals surface area (Å²) in [5.74, 6) is 0. The smallest absolute Gasteiger partial charge is 0.218 e. The highest BCUT2D eigenvalue weighted by atomic mass is 32.1. The van der Waals surface area contributed by atoms with E-state index in [1.54, 1.807) is 11.3 Å². The topological polar surface area (TPSA) is 37.2 Å². The monoisotopic (exact) mass is 345 g/mol. The van der Waals surface area contributed by atoms with Gasteiger partial charge in [-0.3, -0.25) is 9.47 Å². The first-order valence-electron chi connectivity index (χ1n) is 9.37. The Hall–Kier alpha value is -1.40. The van der Waals surface area contributed by atoms with Crippen LogP contribution in [0.5, 0.6) is 0 Å². The number of nitrogens with zero attached hydrogens (tertiary/aromatic N) is 5. The minimum Gasteiger partial charge on any atom is -0.347 e. The highest BCUT2D eigenvalue weighted by Crippen LogP contribution is 2.27. The van der Waals surface area contributed by atoms with Crippen molar-refractivity contribution in [3.05, 3.63) is 24.0 Å². The fourth-order valence-electron chi connectivity index (χ4n) is 3.77. The fourth-order valence-corrected chi connectivity index (χ4v) is 4.69. The van der Waals surface area contributed by atoms with E-state index in [1.165, 1.54) is 63.7 Å². The molecule has 0 aromatic carbocycles. The van der Waals surface area contributed by atoms with E-state index in [2.05, 4.69) is 42.9 Å². The molecule has 2 fully saturated rings. The summed E-state index contributed by atoms with van der Waals surface area (Å²) in [5, 5.41) is 11.1. The number of likely N-dealkylation sites (tertiary alicyclic amines) is 1. The van der Waals surface area contributed by atoms with Crippen LogP contribution in [0.2, 0.25) is 0 Å². The van der Waals surface area contributed by atoms with Crippen LogP contribution in [-0.4, -0.2) is 45.8 Å². The minimum atomic E-state index is 1.01. The van der Waals surface area contributed by atoms with Crippen LogP contribution in [0.15, 0.2) is 18.3 Å². The van der Waals surface area contributed by atoms with Crippen LogP contribution < -0.4 is 4.90 Å². The van der Waals surface area contributed by atoms with Crippen molar-refractivity contribution in [2.75, 3.05) is 31.1 Å². The van der Waals surface area contributed by atoms with E-state index >= 15 is 0 Å². The molecule has 5 nitrogen and oxygen atoms in total. The number of hydrogen-bond donors (Lipinski definition) is 0. The first-order chi connectivity index (χ1) is 11.9. The van der Waals surface area contributed by atoms with Crippen LogP contribution >= 0.6 is 11.3 Å². The molecule has 0 bridgehead atoms. The molecule has 0 atom stereocenters. The maximum atomic E-state index is 4.49. The molecule has 4 rings (SSSR count). The lowest BCUT2D eigenvalue weighted by molar-refractivity contribution is 0.217. The Kier molecular flexibility index (Phi) is 5.13. The molecular formula is C18H27N5S. The van der Waals surface area contributed by atoms with Gasteiger partial charge in [0.1, 0.15) is 0 Å². The summed E-state index contributed by atoms with van der Waals surface area (Å²) < 4.78 is 2.23. The van der Waals surface area contributed by atoms with E-state index in [9.17, 15) is 0 Å². The molecule has 2 aliphatic rings. The average molecular weight is 346 g/mol. The zero-order valence-corrected chi connectivity index (χ0v) is 15.2. The van der Waals surface area contributed by atoms with Crippen molar-refractivity contribution in [3.8, 4) is 5.13 Å². The number of hydrogen-bond acceptors (Lipinski definition) is 5. The molecule has 0 aliphatic carbocycles. The van der Waals surface area contributed by atoms with Crippen LogP contribution in [0.4, 0.5) is 5.13 Å². The zero-order valence-electron chi connectivity index (χ0n) is 14.4. The molecule has 0 saturated carbocycles. The van der Waals surface area contributed by atoms with E-state index in [-0.39, 0.29) is 0 Å². The van der Waals surface area contributed by atoms with Crippen molar-refractivity contribution in [1.82, 2.24) is 19.7 Å². The molecule has 2 aromatic rings. The Morgan fingerprint density at radius 2 is 1.50 bits per heavy atom. The predicted molar refractivity (Wildman–Crippen MR) is 99.0 cm³/mol. The number of aromatic nitrogens is 3. The molecule has 0 spiro atoms. The van der Waals surface area contributed by atoms with Crippen LogP contribution in [0, 0.1) is 0 Å². The van der Waals surface area contributed by atoms with E-state index in [1.807, 2.05) is 0 Å². The molecule has 0 unspecified atom stereocenters. The molecule has 0 N–H and O–H groups in total. The Labute approximate surface area is 148 Å². The third-order valence-electron chi connectivity index (χ3n) is 5.15. The number of rotatable bonds is 4. The van der Waals surface area contributed by atoms with Gasteiger partial charge < -0.3 is 4.90 Å². The summed E-state index contributed by atoms with van der Waals surface area (Å²) in [7, 11) is 0. The Morgan fingerprint density at radius 3 is 2.29 bits per heavy atom. The highest BCUT2D eigenvalue weighted by Gasteiger charge is 2.18.